The van der Waals surface area contributed by atoms with Crippen molar-refractivity contribution < 1.29 is 19.1 Å². The van der Waals surface area contributed by atoms with Crippen LogP contribution >= 0.6 is 0 Å². The average molecular weight is 477 g/mol. The predicted molar refractivity (Wildman–Crippen MR) is 138 cm³/mol. The van der Waals surface area contributed by atoms with Crippen LogP contribution < -0.4 is 10.1 Å². The third kappa shape index (κ3) is 4.99. The number of rotatable bonds is 9. The Morgan fingerprint density at radius 3 is 2.63 bits per heavy atom. The summed E-state index contributed by atoms with van der Waals surface area (Å²) in [6.07, 6.45) is 1.88. The molecule has 0 spiro atoms. The van der Waals surface area contributed by atoms with Gasteiger partial charge in [0.1, 0.15) is 11.4 Å². The number of nitrogens with zero attached hydrogens (tertiary/aromatic N) is 3. The normalized spacial score (nSPS) is 11.6. The Labute approximate surface area is 204 Å². The van der Waals surface area contributed by atoms with Crippen LogP contribution in [0.4, 0.5) is 0 Å². The number of hydrogen-bond acceptors (Lipinski definition) is 6. The molecule has 0 saturated carbocycles. The zero-order valence-corrected chi connectivity index (χ0v) is 21.0. The Hall–Kier alpha value is -3.49. The van der Waals surface area contributed by atoms with Crippen LogP contribution in [0.25, 0.3) is 32.6 Å². The van der Waals surface area contributed by atoms with E-state index >= 15 is 0 Å². The first-order valence-corrected chi connectivity index (χ1v) is 11.8. The number of carbonyl (C=O) groups excluding carboxylic acids is 2. The summed E-state index contributed by atoms with van der Waals surface area (Å²) >= 11 is 0. The lowest BCUT2D eigenvalue weighted by atomic mass is 10.00. The molecule has 1 amide bonds. The van der Waals surface area contributed by atoms with Crippen LogP contribution in [0.1, 0.15) is 29.4 Å². The highest BCUT2D eigenvalue weighted by molar-refractivity contribution is 6.17. The average Bonchev–Trinajstić information content (AvgIpc) is 3.10. The van der Waals surface area contributed by atoms with Gasteiger partial charge < -0.3 is 24.3 Å². The molecular weight excluding hydrogens is 444 g/mol. The number of nitrogens with one attached hydrogen (secondary N) is 1. The number of likely N-dealkylation sites (N-methyl/N-ethyl adjacent to an activating group) is 1. The van der Waals surface area contributed by atoms with Gasteiger partial charge in [0, 0.05) is 54.6 Å². The zero-order chi connectivity index (χ0) is 25.1. The Bertz CT molecular complexity index is 1410. The van der Waals surface area contributed by atoms with Gasteiger partial charge in [0.25, 0.3) is 5.91 Å². The van der Waals surface area contributed by atoms with E-state index in [1.54, 1.807) is 12.3 Å². The molecule has 4 rings (SSSR count). The minimum atomic E-state index is -0.333. The number of pyridine rings is 1. The molecule has 0 fully saturated rings. The lowest BCUT2D eigenvalue weighted by Crippen LogP contribution is -2.31. The van der Waals surface area contributed by atoms with Gasteiger partial charge >= 0.3 is 5.97 Å². The number of amides is 1. The summed E-state index contributed by atoms with van der Waals surface area (Å²) in [4.78, 5) is 31.6. The number of benzene rings is 2. The minimum absolute atomic E-state index is 0.194. The highest BCUT2D eigenvalue weighted by Gasteiger charge is 2.19. The maximum absolute atomic E-state index is 13.0. The molecule has 2 aromatic carbocycles. The SMILES string of the molecule is CCOCCC(=O)Oc1ccc2c(c1)c1cc3c(C(=O)NCCN(C)C)nccc3c(C)c1n2C. The molecule has 0 radical (unpaired) electrons. The summed E-state index contributed by atoms with van der Waals surface area (Å²) in [5, 5.41) is 6.68. The van der Waals surface area contributed by atoms with Crippen LogP contribution in [0.15, 0.2) is 36.5 Å². The quantitative estimate of drug-likeness (QED) is 0.225. The van der Waals surface area contributed by atoms with E-state index in [0.717, 1.165) is 44.7 Å². The van der Waals surface area contributed by atoms with Gasteiger partial charge in [0.05, 0.1) is 18.5 Å². The van der Waals surface area contributed by atoms with Crippen molar-refractivity contribution in [3.05, 3.63) is 47.8 Å². The Balaban J connectivity index is 1.78. The van der Waals surface area contributed by atoms with Gasteiger partial charge in [-0.1, -0.05) is 0 Å². The first kappa shape index (κ1) is 24.6. The van der Waals surface area contributed by atoms with Gasteiger partial charge in [-0.3, -0.25) is 14.6 Å². The third-order valence-corrected chi connectivity index (χ3v) is 6.19. The van der Waals surface area contributed by atoms with Gasteiger partial charge in [-0.2, -0.15) is 0 Å². The van der Waals surface area contributed by atoms with Crippen LogP contribution in [0.2, 0.25) is 0 Å². The maximum Gasteiger partial charge on any atom is 0.313 e. The molecule has 2 heterocycles. The van der Waals surface area contributed by atoms with E-state index in [-0.39, 0.29) is 18.3 Å². The molecule has 8 heteroatoms. The molecule has 1 N–H and O–H groups in total. The maximum atomic E-state index is 13.0. The summed E-state index contributed by atoms with van der Waals surface area (Å²) in [7, 11) is 5.95. The Morgan fingerprint density at radius 2 is 1.89 bits per heavy atom. The second-order valence-corrected chi connectivity index (χ2v) is 8.87. The van der Waals surface area contributed by atoms with Crippen LogP contribution in [0.5, 0.6) is 5.75 Å². The molecule has 35 heavy (non-hydrogen) atoms. The minimum Gasteiger partial charge on any atom is -0.426 e. The predicted octanol–water partition coefficient (Wildman–Crippen LogP) is 3.81. The fourth-order valence-corrected chi connectivity index (χ4v) is 4.47. The topological polar surface area (TPSA) is 85.7 Å². The number of aromatic nitrogens is 2. The summed E-state index contributed by atoms with van der Waals surface area (Å²) in [5.41, 5.74) is 3.55. The van der Waals surface area contributed by atoms with Crippen LogP contribution in [0.3, 0.4) is 0 Å². The van der Waals surface area contributed by atoms with Gasteiger partial charge in [-0.05, 0) is 69.2 Å². The number of esters is 1. The summed E-state index contributed by atoms with van der Waals surface area (Å²) < 4.78 is 12.9. The second-order valence-electron chi connectivity index (χ2n) is 8.87. The number of fused-ring (bicyclic) bond motifs is 4. The monoisotopic (exact) mass is 476 g/mol. The standard InChI is InChI=1S/C27H32N4O4/c1-6-34-14-10-24(32)35-18-7-8-23-20(15-18)22-16-21-19(17(2)26(22)31(23)5)9-11-28-25(21)27(33)29-12-13-30(3)4/h7-9,11,15-16H,6,10,12-14H2,1-5H3,(H,29,33). The largest absolute Gasteiger partial charge is 0.426 e. The second kappa shape index (κ2) is 10.4. The third-order valence-electron chi connectivity index (χ3n) is 6.19. The van der Waals surface area contributed by atoms with E-state index in [1.807, 2.05) is 57.2 Å². The molecule has 4 aromatic rings. The van der Waals surface area contributed by atoms with Crippen molar-refractivity contribution >= 4 is 44.5 Å². The first-order chi connectivity index (χ1) is 16.8. The smallest absolute Gasteiger partial charge is 0.313 e. The van der Waals surface area contributed by atoms with E-state index in [0.29, 0.717) is 31.2 Å². The van der Waals surface area contributed by atoms with E-state index in [2.05, 4.69) is 21.8 Å². The zero-order valence-electron chi connectivity index (χ0n) is 21.0. The molecule has 0 aliphatic rings. The van der Waals surface area contributed by atoms with E-state index in [1.165, 1.54) is 0 Å². The van der Waals surface area contributed by atoms with Gasteiger partial charge in [-0.15, -0.1) is 0 Å². The van der Waals surface area contributed by atoms with Crippen LogP contribution in [-0.2, 0) is 16.6 Å². The van der Waals surface area contributed by atoms with E-state index in [9.17, 15) is 9.59 Å². The van der Waals surface area contributed by atoms with Crippen molar-refractivity contribution in [1.82, 2.24) is 19.8 Å². The van der Waals surface area contributed by atoms with Crippen molar-refractivity contribution in [3.63, 3.8) is 0 Å². The van der Waals surface area contributed by atoms with Crippen LogP contribution in [-0.4, -0.2) is 66.7 Å². The first-order valence-electron chi connectivity index (χ1n) is 11.8. The summed E-state index contributed by atoms with van der Waals surface area (Å²) in [5.74, 6) is -0.0435. The van der Waals surface area contributed by atoms with Gasteiger partial charge in [-0.25, -0.2) is 0 Å². The highest BCUT2D eigenvalue weighted by atomic mass is 16.5. The van der Waals surface area contributed by atoms with Crippen LogP contribution in [0, 0.1) is 6.92 Å². The number of ether oxygens (including phenoxy) is 2. The molecule has 0 unspecified atom stereocenters. The number of aryl methyl sites for hydroxylation is 2. The summed E-state index contributed by atoms with van der Waals surface area (Å²) in [6, 6.07) is 9.62. The Kier molecular flexibility index (Phi) is 7.33. The fraction of sp³-hybridized carbons (Fsp3) is 0.370. The molecule has 0 bridgehead atoms. The summed E-state index contributed by atoms with van der Waals surface area (Å²) in [6.45, 7) is 6.13. The van der Waals surface area contributed by atoms with Gasteiger partial charge in [0.15, 0.2) is 0 Å². The molecule has 0 aliphatic carbocycles. The molecule has 0 aliphatic heterocycles. The fourth-order valence-electron chi connectivity index (χ4n) is 4.47. The van der Waals surface area contributed by atoms with Crippen molar-refractivity contribution in [1.29, 1.82) is 0 Å². The molecule has 184 valence electrons. The lowest BCUT2D eigenvalue weighted by molar-refractivity contribution is -0.135. The van der Waals surface area contributed by atoms with Gasteiger partial charge in [0.2, 0.25) is 0 Å². The highest BCUT2D eigenvalue weighted by Crippen LogP contribution is 2.37. The van der Waals surface area contributed by atoms with Crippen molar-refractivity contribution in [3.8, 4) is 5.75 Å². The lowest BCUT2D eigenvalue weighted by Gasteiger charge is -2.12. The number of hydrogen-bond donors (Lipinski definition) is 1. The molecule has 0 atom stereocenters. The van der Waals surface area contributed by atoms with E-state index in [4.69, 9.17) is 9.47 Å². The molecule has 0 saturated heterocycles. The molecular formula is C27H32N4O4. The van der Waals surface area contributed by atoms with Crippen molar-refractivity contribution in [2.45, 2.75) is 20.3 Å². The van der Waals surface area contributed by atoms with Crippen molar-refractivity contribution in [2.75, 3.05) is 40.4 Å². The Morgan fingerprint density at radius 1 is 1.09 bits per heavy atom. The van der Waals surface area contributed by atoms with Crippen molar-refractivity contribution in [2.24, 2.45) is 7.05 Å². The molecule has 8 nitrogen and oxygen atoms in total. The number of carbonyl (C=O) groups is 2. The molecule has 2 aromatic heterocycles. The van der Waals surface area contributed by atoms with E-state index < -0.39 is 0 Å².